The number of hydrogen-bond acceptors (Lipinski definition) is 4. The summed E-state index contributed by atoms with van der Waals surface area (Å²) in [6.07, 6.45) is 5.14. The molecule has 0 bridgehead atoms. The van der Waals surface area contributed by atoms with E-state index in [-0.39, 0.29) is 0 Å². The first kappa shape index (κ1) is 18.4. The molecular weight excluding hydrogens is 389 g/mol. The normalized spacial score (nSPS) is 11.5. The molecule has 0 aliphatic carbocycles. The van der Waals surface area contributed by atoms with Gasteiger partial charge >= 0.3 is 0 Å². The molecule has 0 radical (unpaired) electrons. The molecule has 5 rings (SSSR count). The van der Waals surface area contributed by atoms with Crippen molar-refractivity contribution in [3.05, 3.63) is 110 Å². The van der Waals surface area contributed by atoms with E-state index < -0.39 is 7.14 Å². The molecule has 5 aromatic rings. The van der Waals surface area contributed by atoms with Crippen LogP contribution in [0.2, 0.25) is 0 Å². The van der Waals surface area contributed by atoms with Gasteiger partial charge in [-0.15, -0.1) is 0 Å². The summed E-state index contributed by atoms with van der Waals surface area (Å²) in [6.45, 7) is 0. The Morgan fingerprint density at radius 1 is 0.600 bits per heavy atom. The average molecular weight is 407 g/mol. The fraction of sp³-hybridized carbons (Fsp3) is 0. The second-order valence-corrected chi connectivity index (χ2v) is 9.57. The van der Waals surface area contributed by atoms with Gasteiger partial charge in [0.1, 0.15) is 10.9 Å². The van der Waals surface area contributed by atoms with Crippen molar-refractivity contribution in [3.8, 4) is 11.3 Å². The van der Waals surface area contributed by atoms with Gasteiger partial charge in [-0.25, -0.2) is 0 Å². The van der Waals surface area contributed by atoms with E-state index >= 15 is 0 Å². The largest absolute Gasteiger partial charge is 0.305 e. The first-order valence-electron chi connectivity index (χ1n) is 9.65. The maximum absolute atomic E-state index is 14.5. The highest BCUT2D eigenvalue weighted by Gasteiger charge is 2.32. The summed E-state index contributed by atoms with van der Waals surface area (Å²) in [7, 11) is -3.23. The quantitative estimate of drug-likeness (QED) is 0.416. The van der Waals surface area contributed by atoms with Gasteiger partial charge in [-0.1, -0.05) is 54.6 Å². The van der Waals surface area contributed by atoms with E-state index in [1.807, 2.05) is 66.7 Å². The summed E-state index contributed by atoms with van der Waals surface area (Å²) in [4.78, 5) is 13.5. The molecule has 0 aliphatic heterocycles. The minimum Gasteiger partial charge on any atom is -0.305 e. The minimum atomic E-state index is -3.23. The zero-order chi connectivity index (χ0) is 20.4. The van der Waals surface area contributed by atoms with Crippen LogP contribution in [0.5, 0.6) is 0 Å². The Morgan fingerprint density at radius 2 is 1.30 bits per heavy atom. The Balaban J connectivity index is 1.74. The molecule has 0 unspecified atom stereocenters. The third-order valence-electron chi connectivity index (χ3n) is 5.10. The Labute approximate surface area is 174 Å². The number of benzene rings is 2. The highest BCUT2D eigenvalue weighted by atomic mass is 31.2. The van der Waals surface area contributed by atoms with Crippen LogP contribution in [0.25, 0.3) is 22.0 Å². The molecule has 0 atom stereocenters. The van der Waals surface area contributed by atoms with Gasteiger partial charge in [-0.3, -0.25) is 15.0 Å². The number of pyridine rings is 3. The predicted molar refractivity (Wildman–Crippen MR) is 122 cm³/mol. The van der Waals surface area contributed by atoms with Crippen molar-refractivity contribution in [3.63, 3.8) is 0 Å². The fourth-order valence-corrected chi connectivity index (χ4v) is 6.09. The van der Waals surface area contributed by atoms with Gasteiger partial charge < -0.3 is 4.57 Å². The van der Waals surface area contributed by atoms with E-state index in [0.717, 1.165) is 22.0 Å². The first-order chi connectivity index (χ1) is 14.8. The SMILES string of the molecule is O=P(c1cccc(-c2nccc3ccccc23)c1)(c1ccccn1)c1ccccn1. The van der Waals surface area contributed by atoms with Crippen LogP contribution in [0.4, 0.5) is 0 Å². The van der Waals surface area contributed by atoms with Crippen LogP contribution in [0, 0.1) is 0 Å². The van der Waals surface area contributed by atoms with Crippen molar-refractivity contribution in [2.75, 3.05) is 0 Å². The van der Waals surface area contributed by atoms with Crippen LogP contribution >= 0.6 is 7.14 Å². The van der Waals surface area contributed by atoms with Gasteiger partial charge in [0.25, 0.3) is 0 Å². The van der Waals surface area contributed by atoms with Crippen LogP contribution in [0.3, 0.4) is 0 Å². The van der Waals surface area contributed by atoms with Crippen molar-refractivity contribution in [2.45, 2.75) is 0 Å². The molecule has 4 nitrogen and oxygen atoms in total. The molecular formula is C25H18N3OP. The second kappa shape index (κ2) is 7.66. The third-order valence-corrected chi connectivity index (χ3v) is 7.93. The van der Waals surface area contributed by atoms with Crippen molar-refractivity contribution in [1.82, 2.24) is 15.0 Å². The number of fused-ring (bicyclic) bond motifs is 1. The summed E-state index contributed by atoms with van der Waals surface area (Å²) < 4.78 is 14.5. The molecule has 0 N–H and O–H groups in total. The monoisotopic (exact) mass is 407 g/mol. The molecule has 144 valence electrons. The average Bonchev–Trinajstić information content (AvgIpc) is 2.84. The molecule has 3 aromatic heterocycles. The fourth-order valence-electron chi connectivity index (χ4n) is 3.66. The summed E-state index contributed by atoms with van der Waals surface area (Å²) >= 11 is 0. The number of nitrogens with zero attached hydrogens (tertiary/aromatic N) is 3. The maximum Gasteiger partial charge on any atom is 0.205 e. The standard InChI is InChI=1S/C25H18N3OP/c29-30(23-12-3-5-15-26-23,24-13-4-6-16-27-24)21-10-7-9-20(18-21)25-22-11-2-1-8-19(22)14-17-28-25/h1-18H. The molecule has 0 fully saturated rings. The highest BCUT2D eigenvalue weighted by molar-refractivity contribution is 7.84. The number of aromatic nitrogens is 3. The van der Waals surface area contributed by atoms with Gasteiger partial charge in [0.05, 0.1) is 5.69 Å². The minimum absolute atomic E-state index is 0.520. The molecule has 2 aromatic carbocycles. The van der Waals surface area contributed by atoms with Crippen molar-refractivity contribution >= 4 is 34.1 Å². The molecule has 0 saturated carbocycles. The Hall–Kier alpha value is -3.62. The maximum atomic E-state index is 14.5. The van der Waals surface area contributed by atoms with Gasteiger partial charge in [0.2, 0.25) is 7.14 Å². The lowest BCUT2D eigenvalue weighted by molar-refractivity contribution is 0.591. The second-order valence-electron chi connectivity index (χ2n) is 6.92. The van der Waals surface area contributed by atoms with Crippen LogP contribution < -0.4 is 16.2 Å². The summed E-state index contributed by atoms with van der Waals surface area (Å²) in [5.74, 6) is 0. The van der Waals surface area contributed by atoms with Crippen LogP contribution in [-0.4, -0.2) is 15.0 Å². The van der Waals surface area contributed by atoms with E-state index in [4.69, 9.17) is 0 Å². The smallest absolute Gasteiger partial charge is 0.205 e. The molecule has 0 saturated heterocycles. The number of hydrogen-bond donors (Lipinski definition) is 0. The molecule has 0 spiro atoms. The lowest BCUT2D eigenvalue weighted by atomic mass is 10.0. The summed E-state index contributed by atoms with van der Waals surface area (Å²) in [5.41, 5.74) is 2.82. The number of rotatable bonds is 4. The van der Waals surface area contributed by atoms with Crippen LogP contribution in [0.15, 0.2) is 110 Å². The zero-order valence-corrected chi connectivity index (χ0v) is 17.0. The molecule has 30 heavy (non-hydrogen) atoms. The van der Waals surface area contributed by atoms with Gasteiger partial charge in [0, 0.05) is 34.8 Å². The van der Waals surface area contributed by atoms with Crippen molar-refractivity contribution in [1.29, 1.82) is 0 Å². The van der Waals surface area contributed by atoms with Gasteiger partial charge in [0.15, 0.2) is 0 Å². The summed E-state index contributed by atoms with van der Waals surface area (Å²) in [5, 5.41) is 2.86. The van der Waals surface area contributed by atoms with Crippen molar-refractivity contribution < 1.29 is 4.57 Å². The Bertz CT molecular complexity index is 1320. The van der Waals surface area contributed by atoms with Crippen LogP contribution in [0.1, 0.15) is 0 Å². The third kappa shape index (κ3) is 3.12. The van der Waals surface area contributed by atoms with E-state index in [2.05, 4.69) is 27.1 Å². The molecule has 0 aliphatic rings. The van der Waals surface area contributed by atoms with Gasteiger partial charge in [-0.2, -0.15) is 0 Å². The van der Waals surface area contributed by atoms with Crippen molar-refractivity contribution in [2.24, 2.45) is 0 Å². The summed E-state index contributed by atoms with van der Waals surface area (Å²) in [6, 6.07) is 28.9. The Kier molecular flexibility index (Phi) is 4.70. The molecule has 5 heteroatoms. The zero-order valence-electron chi connectivity index (χ0n) is 16.1. The first-order valence-corrected chi connectivity index (χ1v) is 11.4. The van der Waals surface area contributed by atoms with E-state index in [0.29, 0.717) is 16.2 Å². The lowest BCUT2D eigenvalue weighted by Gasteiger charge is -2.18. The van der Waals surface area contributed by atoms with Gasteiger partial charge in [-0.05, 0) is 41.8 Å². The van der Waals surface area contributed by atoms with E-state index in [1.54, 1.807) is 30.7 Å². The predicted octanol–water partition coefficient (Wildman–Crippen LogP) is 4.33. The molecule has 0 amide bonds. The lowest BCUT2D eigenvalue weighted by Crippen LogP contribution is -2.28. The van der Waals surface area contributed by atoms with E-state index in [1.165, 1.54) is 0 Å². The highest BCUT2D eigenvalue weighted by Crippen LogP contribution is 2.41. The molecule has 3 heterocycles. The van der Waals surface area contributed by atoms with E-state index in [9.17, 15) is 4.57 Å². The Morgan fingerprint density at radius 3 is 2.00 bits per heavy atom. The topological polar surface area (TPSA) is 55.7 Å². The van der Waals surface area contributed by atoms with Crippen LogP contribution in [-0.2, 0) is 4.57 Å².